The van der Waals surface area contributed by atoms with E-state index in [-0.39, 0.29) is 0 Å². The Labute approximate surface area is 50.1 Å². The fourth-order valence-corrected chi connectivity index (χ4v) is 0.750. The van der Waals surface area contributed by atoms with E-state index in [2.05, 4.69) is 24.5 Å². The highest BCUT2D eigenvalue weighted by Crippen LogP contribution is 2.07. The van der Waals surface area contributed by atoms with Gasteiger partial charge in [-0.2, -0.15) is 0 Å². The van der Waals surface area contributed by atoms with Crippen LogP contribution in [0.5, 0.6) is 0 Å². The van der Waals surface area contributed by atoms with Crippen molar-refractivity contribution >= 4 is 0 Å². The molecule has 1 nitrogen and oxygen atoms in total. The quantitative estimate of drug-likeness (QED) is 0.541. The van der Waals surface area contributed by atoms with Crippen LogP contribution < -0.4 is 5.32 Å². The SMILES string of the molecule is CCC1=CNC=CC1. The number of dihydropyridines is 1. The second-order valence-corrected chi connectivity index (χ2v) is 1.93. The third-order valence-corrected chi connectivity index (χ3v) is 1.34. The zero-order valence-corrected chi connectivity index (χ0v) is 5.15. The molecule has 0 aromatic heterocycles. The Morgan fingerprint density at radius 2 is 2.62 bits per heavy atom. The third kappa shape index (κ3) is 1.12. The molecule has 1 N–H and O–H groups in total. The second-order valence-electron chi connectivity index (χ2n) is 1.93. The van der Waals surface area contributed by atoms with Crippen LogP contribution in [0.4, 0.5) is 0 Å². The fraction of sp³-hybridized carbons (Fsp3) is 0.429. The molecule has 0 saturated carbocycles. The molecule has 44 valence electrons. The molecular weight excluding hydrogens is 98.1 g/mol. The highest BCUT2D eigenvalue weighted by Gasteiger charge is 1.91. The van der Waals surface area contributed by atoms with Crippen LogP contribution in [-0.4, -0.2) is 0 Å². The van der Waals surface area contributed by atoms with Crippen LogP contribution in [0.25, 0.3) is 0 Å². The lowest BCUT2D eigenvalue weighted by Gasteiger charge is -2.04. The molecule has 1 heteroatoms. The summed E-state index contributed by atoms with van der Waals surface area (Å²) in [5.41, 5.74) is 1.48. The number of nitrogens with one attached hydrogen (secondary N) is 1. The van der Waals surface area contributed by atoms with Gasteiger partial charge in [-0.1, -0.05) is 18.6 Å². The highest BCUT2D eigenvalue weighted by atomic mass is 14.8. The van der Waals surface area contributed by atoms with Crippen molar-refractivity contribution in [2.45, 2.75) is 19.8 Å². The molecule has 1 heterocycles. The monoisotopic (exact) mass is 109 g/mol. The third-order valence-electron chi connectivity index (χ3n) is 1.34. The Kier molecular flexibility index (Phi) is 1.73. The summed E-state index contributed by atoms with van der Waals surface area (Å²) >= 11 is 0. The summed E-state index contributed by atoms with van der Waals surface area (Å²) in [5, 5.41) is 3.04. The van der Waals surface area contributed by atoms with Crippen molar-refractivity contribution in [2.24, 2.45) is 0 Å². The topological polar surface area (TPSA) is 12.0 Å². The average molecular weight is 109 g/mol. The van der Waals surface area contributed by atoms with Gasteiger partial charge in [0.05, 0.1) is 0 Å². The van der Waals surface area contributed by atoms with Crippen LogP contribution in [0.15, 0.2) is 24.0 Å². The minimum Gasteiger partial charge on any atom is -0.368 e. The Hall–Kier alpha value is -0.720. The second kappa shape index (κ2) is 2.55. The first-order valence-corrected chi connectivity index (χ1v) is 3.02. The predicted molar refractivity (Wildman–Crippen MR) is 35.3 cm³/mol. The lowest BCUT2D eigenvalue weighted by atomic mass is 10.1. The van der Waals surface area contributed by atoms with Gasteiger partial charge in [0, 0.05) is 0 Å². The molecule has 0 aromatic rings. The molecule has 1 rings (SSSR count). The Balaban J connectivity index is 2.43. The standard InChI is InChI=1S/C7H11N/c1-2-7-4-3-5-8-6-7/h3,5-6,8H,2,4H2,1H3. The zero-order valence-electron chi connectivity index (χ0n) is 5.15. The lowest BCUT2D eigenvalue weighted by molar-refractivity contribution is 0.955. The van der Waals surface area contributed by atoms with E-state index in [1.807, 2.05) is 6.20 Å². The molecule has 1 aliphatic heterocycles. The average Bonchev–Trinajstić information content (AvgIpc) is 1.90. The normalized spacial score (nSPS) is 17.4. The van der Waals surface area contributed by atoms with Crippen LogP contribution in [0.2, 0.25) is 0 Å². The van der Waals surface area contributed by atoms with Crippen LogP contribution in [0, 0.1) is 0 Å². The molecule has 0 bridgehead atoms. The van der Waals surface area contributed by atoms with E-state index in [0.29, 0.717) is 0 Å². The molecule has 0 aromatic carbocycles. The van der Waals surface area contributed by atoms with Crippen molar-refractivity contribution in [3.8, 4) is 0 Å². The van der Waals surface area contributed by atoms with Crippen LogP contribution >= 0.6 is 0 Å². The molecule has 0 spiro atoms. The van der Waals surface area contributed by atoms with Gasteiger partial charge in [0.1, 0.15) is 0 Å². The Bertz CT molecular complexity index is 122. The molecule has 0 unspecified atom stereocenters. The summed E-state index contributed by atoms with van der Waals surface area (Å²) in [6, 6.07) is 0. The first-order chi connectivity index (χ1) is 3.93. The molecule has 0 atom stereocenters. The van der Waals surface area contributed by atoms with E-state index in [9.17, 15) is 0 Å². The summed E-state index contributed by atoms with van der Waals surface area (Å²) in [6.45, 7) is 2.17. The van der Waals surface area contributed by atoms with E-state index in [0.717, 1.165) is 12.8 Å². The maximum Gasteiger partial charge on any atom is -0.0000684 e. The fourth-order valence-electron chi connectivity index (χ4n) is 0.750. The van der Waals surface area contributed by atoms with E-state index < -0.39 is 0 Å². The van der Waals surface area contributed by atoms with Gasteiger partial charge in [-0.25, -0.2) is 0 Å². The molecule has 0 radical (unpaired) electrons. The molecule has 8 heavy (non-hydrogen) atoms. The van der Waals surface area contributed by atoms with Gasteiger partial charge in [-0.3, -0.25) is 0 Å². The van der Waals surface area contributed by atoms with Crippen LogP contribution in [-0.2, 0) is 0 Å². The summed E-state index contributed by atoms with van der Waals surface area (Å²) in [4.78, 5) is 0. The highest BCUT2D eigenvalue weighted by molar-refractivity contribution is 5.11. The number of allylic oxidation sites excluding steroid dienone is 2. The summed E-state index contributed by atoms with van der Waals surface area (Å²) < 4.78 is 0. The molecule has 0 amide bonds. The summed E-state index contributed by atoms with van der Waals surface area (Å²) in [6.07, 6.45) is 8.47. The van der Waals surface area contributed by atoms with Crippen molar-refractivity contribution < 1.29 is 0 Å². The molecule has 1 aliphatic rings. The van der Waals surface area contributed by atoms with Crippen LogP contribution in [0.1, 0.15) is 19.8 Å². The maximum atomic E-state index is 3.04. The molecular formula is C7H11N. The van der Waals surface area contributed by atoms with E-state index in [1.165, 1.54) is 5.57 Å². The first-order valence-electron chi connectivity index (χ1n) is 3.02. The molecule has 0 aliphatic carbocycles. The van der Waals surface area contributed by atoms with Crippen molar-refractivity contribution in [3.05, 3.63) is 24.0 Å². The number of hydrogen-bond acceptors (Lipinski definition) is 1. The zero-order chi connectivity index (χ0) is 5.82. The van der Waals surface area contributed by atoms with Gasteiger partial charge in [0.25, 0.3) is 0 Å². The Morgan fingerprint density at radius 3 is 3.00 bits per heavy atom. The largest absolute Gasteiger partial charge is 0.368 e. The summed E-state index contributed by atoms with van der Waals surface area (Å²) in [5.74, 6) is 0. The van der Waals surface area contributed by atoms with Gasteiger partial charge in [-0.05, 0) is 25.2 Å². The van der Waals surface area contributed by atoms with E-state index in [1.54, 1.807) is 0 Å². The summed E-state index contributed by atoms with van der Waals surface area (Å²) in [7, 11) is 0. The lowest BCUT2D eigenvalue weighted by Crippen LogP contribution is -1.99. The Morgan fingerprint density at radius 1 is 1.75 bits per heavy atom. The van der Waals surface area contributed by atoms with Gasteiger partial charge in [0.15, 0.2) is 0 Å². The van der Waals surface area contributed by atoms with Crippen molar-refractivity contribution in [2.75, 3.05) is 0 Å². The van der Waals surface area contributed by atoms with Gasteiger partial charge < -0.3 is 5.32 Å². The number of hydrogen-bond donors (Lipinski definition) is 1. The number of rotatable bonds is 1. The minimum atomic E-state index is 1.13. The smallest absolute Gasteiger partial charge is 0.0000684 e. The van der Waals surface area contributed by atoms with E-state index in [4.69, 9.17) is 0 Å². The maximum absolute atomic E-state index is 3.04. The minimum absolute atomic E-state index is 1.13. The van der Waals surface area contributed by atoms with Gasteiger partial charge in [-0.15, -0.1) is 0 Å². The van der Waals surface area contributed by atoms with Gasteiger partial charge in [0.2, 0.25) is 0 Å². The van der Waals surface area contributed by atoms with E-state index >= 15 is 0 Å². The van der Waals surface area contributed by atoms with Crippen LogP contribution in [0.3, 0.4) is 0 Å². The predicted octanol–water partition coefficient (Wildman–Crippen LogP) is 1.79. The van der Waals surface area contributed by atoms with Crippen molar-refractivity contribution in [1.29, 1.82) is 0 Å². The first kappa shape index (κ1) is 5.42. The molecule has 0 saturated heterocycles. The van der Waals surface area contributed by atoms with Crippen molar-refractivity contribution in [1.82, 2.24) is 5.32 Å². The van der Waals surface area contributed by atoms with Crippen molar-refractivity contribution in [3.63, 3.8) is 0 Å². The van der Waals surface area contributed by atoms with Gasteiger partial charge >= 0.3 is 0 Å². The molecule has 0 fully saturated rings.